The van der Waals surface area contributed by atoms with Crippen molar-refractivity contribution in [3.63, 3.8) is 0 Å². The Hall–Kier alpha value is -3.70. The molecule has 0 aliphatic carbocycles. The molecule has 4 nitrogen and oxygen atoms in total. The molecule has 2 N–H and O–H groups in total. The summed E-state index contributed by atoms with van der Waals surface area (Å²) < 4.78 is 482. The number of allylic oxidation sites excluding steroid dienone is 1. The van der Waals surface area contributed by atoms with Crippen LogP contribution in [0.5, 0.6) is 0 Å². The first-order valence-electron chi connectivity index (χ1n) is 17.9. The molecule has 38 heteroatoms. The number of hydrogen-bond acceptors (Lipinski definition) is 2. The number of unbranched alkanes of at least 4 members (excludes halogenated alkanes) is 8. The van der Waals surface area contributed by atoms with Gasteiger partial charge in [0.05, 0.1) is 0 Å². The Balaban J connectivity index is 9.04. The summed E-state index contributed by atoms with van der Waals surface area (Å²) in [5.74, 6) is -155. The van der Waals surface area contributed by atoms with E-state index in [4.69, 9.17) is 0 Å². The maximum absolute atomic E-state index is 16.0. The summed E-state index contributed by atoms with van der Waals surface area (Å²) >= 11 is 0. The Morgan fingerprint density at radius 3 is 0.771 bits per heavy atom. The van der Waals surface area contributed by atoms with Gasteiger partial charge in [-0.05, 0) is 12.8 Å². The van der Waals surface area contributed by atoms with E-state index in [9.17, 15) is 134 Å². The van der Waals surface area contributed by atoms with Crippen molar-refractivity contribution in [2.45, 2.75) is 160 Å². The van der Waals surface area contributed by atoms with E-state index in [1.54, 1.807) is 6.92 Å². The highest BCUT2D eigenvalue weighted by molar-refractivity contribution is 5.87. The van der Waals surface area contributed by atoms with Crippen LogP contribution >= 0.6 is 0 Å². The third-order valence-corrected chi connectivity index (χ3v) is 10.1. The smallest absolute Gasteiger partial charge is 0.460 e. The monoisotopic (exact) mass is 1120 g/mol. The van der Waals surface area contributed by atoms with Crippen molar-refractivity contribution >= 4 is 11.9 Å². The van der Waals surface area contributed by atoms with E-state index in [1.165, 1.54) is 0 Å². The van der Waals surface area contributed by atoms with Gasteiger partial charge in [0.1, 0.15) is 5.92 Å². The topological polar surface area (TPSA) is 74.6 Å². The molecule has 0 radical (unpaired) electrons. The Morgan fingerprint density at radius 2 is 0.557 bits per heavy atom. The van der Waals surface area contributed by atoms with Crippen molar-refractivity contribution in [3.8, 4) is 0 Å². The van der Waals surface area contributed by atoms with Crippen LogP contribution in [0.25, 0.3) is 0 Å². The lowest BCUT2D eigenvalue weighted by molar-refractivity contribution is -0.482. The standard InChI is InChI=1S/C32H26F34O4/c1-2-3-4-5-6-7-8-9-10-11-12-13(14(67)68)16(15(69)70,17(33,34)19(37,38)21(41,42)23(45,46)25(49,50)27(53,54)29(57,58)31(61,62)63)18(35,36)20(39,40)22(43,44)24(47,48)26(51,52)28(55,56)30(59,60)32(64,65)66/h11-13H,2-10H2,1H3,(H,67,68)(H,69,70). The summed E-state index contributed by atoms with van der Waals surface area (Å²) in [7, 11) is 0. The number of carboxylic acid groups (broad SMARTS) is 2. The maximum atomic E-state index is 16.0. The summed E-state index contributed by atoms with van der Waals surface area (Å²) in [5.41, 5.74) is -9.14. The van der Waals surface area contributed by atoms with Crippen molar-refractivity contribution in [1.82, 2.24) is 0 Å². The second-order valence-electron chi connectivity index (χ2n) is 14.7. The summed E-state index contributed by atoms with van der Waals surface area (Å²) in [4.78, 5) is 24.2. The van der Waals surface area contributed by atoms with Crippen LogP contribution in [0.15, 0.2) is 12.2 Å². The van der Waals surface area contributed by atoms with E-state index in [1.807, 2.05) is 0 Å². The van der Waals surface area contributed by atoms with Crippen LogP contribution in [0.3, 0.4) is 0 Å². The van der Waals surface area contributed by atoms with Crippen molar-refractivity contribution in [1.29, 1.82) is 0 Å². The minimum atomic E-state index is -10.3. The van der Waals surface area contributed by atoms with E-state index in [0.717, 1.165) is 0 Å². The lowest BCUT2D eigenvalue weighted by Gasteiger charge is -2.52. The van der Waals surface area contributed by atoms with E-state index >= 15 is 35.1 Å². The van der Waals surface area contributed by atoms with Crippen LogP contribution in [0.1, 0.15) is 64.7 Å². The van der Waals surface area contributed by atoms with E-state index in [0.29, 0.717) is 25.7 Å². The predicted molar refractivity (Wildman–Crippen MR) is 159 cm³/mol. The van der Waals surface area contributed by atoms with Crippen molar-refractivity contribution in [2.24, 2.45) is 11.3 Å². The molecule has 0 saturated heterocycles. The largest absolute Gasteiger partial charge is 0.481 e. The molecule has 416 valence electrons. The Morgan fingerprint density at radius 1 is 0.343 bits per heavy atom. The Kier molecular flexibility index (Phi) is 18.3. The molecule has 0 aliphatic heterocycles. The second kappa shape index (κ2) is 19.3. The van der Waals surface area contributed by atoms with Gasteiger partial charge in [-0.2, -0.15) is 149 Å². The summed E-state index contributed by atoms with van der Waals surface area (Å²) in [6.45, 7) is 1.70. The van der Waals surface area contributed by atoms with Crippen LogP contribution in [-0.2, 0) is 9.59 Å². The summed E-state index contributed by atoms with van der Waals surface area (Å²) in [5, 5.41) is 18.7. The normalized spacial score (nSPS) is 16.6. The van der Waals surface area contributed by atoms with Gasteiger partial charge in [-0.25, -0.2) is 0 Å². The third-order valence-electron chi connectivity index (χ3n) is 10.1. The molecule has 0 fully saturated rings. The van der Waals surface area contributed by atoms with Gasteiger partial charge in [0, 0.05) is 0 Å². The SMILES string of the molecule is CCCCCCCCCCC=CC(C(=O)O)C(C(=O)O)(C(F)(F)C(F)(F)C(F)(F)C(F)(F)C(F)(F)C(F)(F)C(F)(F)C(F)(F)F)C(F)(F)C(F)(F)C(F)(F)C(F)(F)C(F)(F)C(F)(F)C(F)(F)C(F)(F)F. The summed E-state index contributed by atoms with van der Waals surface area (Å²) in [6, 6.07) is 0. The summed E-state index contributed by atoms with van der Waals surface area (Å²) in [6.07, 6.45) is -19.4. The molecular formula is C32H26F34O4. The van der Waals surface area contributed by atoms with Gasteiger partial charge < -0.3 is 10.2 Å². The average Bonchev–Trinajstić information content (AvgIpc) is 3.15. The Bertz CT molecular complexity index is 1740. The first kappa shape index (κ1) is 66.3. The average molecular weight is 1120 g/mol. The number of carboxylic acids is 2. The van der Waals surface area contributed by atoms with E-state index in [2.05, 4.69) is 0 Å². The minimum absolute atomic E-state index is 0.0304. The molecule has 0 bridgehead atoms. The van der Waals surface area contributed by atoms with Crippen molar-refractivity contribution < 1.29 is 169 Å². The molecule has 0 saturated carbocycles. The highest BCUT2D eigenvalue weighted by atomic mass is 19.4. The highest BCUT2D eigenvalue weighted by Crippen LogP contribution is 2.73. The third kappa shape index (κ3) is 9.10. The number of carbonyl (C=O) groups is 2. The molecule has 0 aromatic carbocycles. The molecule has 0 aromatic rings. The van der Waals surface area contributed by atoms with Gasteiger partial charge in [-0.15, -0.1) is 0 Å². The number of halogens is 34. The molecule has 70 heavy (non-hydrogen) atoms. The molecule has 0 aromatic heterocycles. The molecule has 0 heterocycles. The fourth-order valence-electron chi connectivity index (χ4n) is 5.85. The van der Waals surface area contributed by atoms with Crippen molar-refractivity contribution in [3.05, 3.63) is 12.2 Å². The molecule has 0 aliphatic rings. The van der Waals surface area contributed by atoms with Gasteiger partial charge in [0.2, 0.25) is 5.41 Å². The first-order chi connectivity index (χ1) is 30.3. The van der Waals surface area contributed by atoms with E-state index in [-0.39, 0.29) is 19.3 Å². The molecule has 1 unspecified atom stereocenters. The zero-order chi connectivity index (χ0) is 57.0. The van der Waals surface area contributed by atoms with Crippen molar-refractivity contribution in [2.75, 3.05) is 0 Å². The van der Waals surface area contributed by atoms with Crippen LogP contribution in [0.4, 0.5) is 149 Å². The fourth-order valence-corrected chi connectivity index (χ4v) is 5.85. The van der Waals surface area contributed by atoms with Gasteiger partial charge >= 0.3 is 107 Å². The lowest BCUT2D eigenvalue weighted by atomic mass is 9.60. The maximum Gasteiger partial charge on any atom is 0.460 e. The first-order valence-corrected chi connectivity index (χ1v) is 17.9. The quantitative estimate of drug-likeness (QED) is 0.0488. The Labute approximate surface area is 365 Å². The van der Waals surface area contributed by atoms with Crippen LogP contribution in [0.2, 0.25) is 0 Å². The zero-order valence-corrected chi connectivity index (χ0v) is 33.2. The second-order valence-corrected chi connectivity index (χ2v) is 14.7. The highest BCUT2D eigenvalue weighted by Gasteiger charge is 3.03. The zero-order valence-electron chi connectivity index (χ0n) is 33.2. The van der Waals surface area contributed by atoms with Crippen LogP contribution in [0, 0.1) is 11.3 Å². The molecular weight excluding hydrogens is 1090 g/mol. The number of hydrogen-bond donors (Lipinski definition) is 2. The lowest BCUT2D eigenvalue weighted by Crippen LogP contribution is -2.82. The van der Waals surface area contributed by atoms with Gasteiger partial charge in [-0.1, -0.05) is 64.0 Å². The fraction of sp³-hybridized carbons (Fsp3) is 0.875. The van der Waals surface area contributed by atoms with Gasteiger partial charge in [-0.3, -0.25) is 9.59 Å². The van der Waals surface area contributed by atoms with Crippen LogP contribution in [-0.4, -0.2) is 117 Å². The predicted octanol–water partition coefficient (Wildman–Crippen LogP) is 14.9. The molecule has 0 spiro atoms. The van der Waals surface area contributed by atoms with Crippen LogP contribution < -0.4 is 0 Å². The number of rotatable bonds is 27. The van der Waals surface area contributed by atoms with Gasteiger partial charge in [0.15, 0.2) is 0 Å². The molecule has 1 atom stereocenters. The molecule has 0 rings (SSSR count). The van der Waals surface area contributed by atoms with E-state index < -0.39 is 144 Å². The number of alkyl halides is 34. The van der Waals surface area contributed by atoms with Gasteiger partial charge in [0.25, 0.3) is 0 Å². The minimum Gasteiger partial charge on any atom is -0.481 e. The molecule has 0 amide bonds. The number of aliphatic carboxylic acids is 2.